The zero-order valence-corrected chi connectivity index (χ0v) is 21.4. The lowest BCUT2D eigenvalue weighted by Crippen LogP contribution is -2.58. The van der Waals surface area contributed by atoms with E-state index >= 15 is 0 Å². The summed E-state index contributed by atoms with van der Waals surface area (Å²) in [5.41, 5.74) is -2.19. The Hall–Kier alpha value is -2.19. The maximum absolute atomic E-state index is 14.4. The fourth-order valence-electron chi connectivity index (χ4n) is 7.28. The first-order chi connectivity index (χ1) is 17.5. The summed E-state index contributed by atoms with van der Waals surface area (Å²) < 4.78 is 12.5. The maximum Gasteiger partial charge on any atom is 0.313 e. The summed E-state index contributed by atoms with van der Waals surface area (Å²) in [5.74, 6) is -2.27. The van der Waals surface area contributed by atoms with E-state index in [2.05, 4.69) is 0 Å². The zero-order valence-electron chi connectivity index (χ0n) is 21.4. The lowest BCUT2D eigenvalue weighted by molar-refractivity contribution is -0.162. The highest BCUT2D eigenvalue weighted by atomic mass is 16.6. The topological polar surface area (TPSA) is 96.4 Å². The standard InChI is InChI=1S/C28H40N2O6/c1-2-27-14-7-10-19-35-26(34)22(27)21-24(32)30(16-8-4-9-18-31)23-25(33)29(20-12-5-3-6-13-20)17-11-15-28(21,23)36-27/h7,11,14-15,20-23,31H,2-6,8-10,12-13,16-19H2,1H3/t21-,22+,23?,27-,28-/m0/s1. The molecule has 8 nitrogen and oxygen atoms in total. The van der Waals surface area contributed by atoms with Gasteiger partial charge in [0.2, 0.25) is 11.8 Å². The fraction of sp³-hybridized carbons (Fsp3) is 0.750. The van der Waals surface area contributed by atoms with Crippen molar-refractivity contribution in [2.45, 2.75) is 94.4 Å². The SMILES string of the molecule is CC[C@]12C=CCCOC(=O)[C@H]1[C@H]1C(=O)N(CCCCCO)C3C(=O)N(C4CCCCC4)CC=C[C@@]31O2. The Morgan fingerprint density at radius 3 is 2.56 bits per heavy atom. The van der Waals surface area contributed by atoms with E-state index in [-0.39, 0.29) is 31.1 Å². The van der Waals surface area contributed by atoms with E-state index in [0.29, 0.717) is 38.8 Å². The van der Waals surface area contributed by atoms with E-state index < -0.39 is 35.0 Å². The van der Waals surface area contributed by atoms with E-state index in [9.17, 15) is 19.5 Å². The van der Waals surface area contributed by atoms with Gasteiger partial charge < -0.3 is 24.4 Å². The average Bonchev–Trinajstić information content (AvgIpc) is 3.22. The van der Waals surface area contributed by atoms with Crippen LogP contribution < -0.4 is 0 Å². The molecular formula is C28H40N2O6. The molecule has 1 aliphatic carbocycles. The van der Waals surface area contributed by atoms with E-state index in [4.69, 9.17) is 9.47 Å². The zero-order chi connectivity index (χ0) is 25.3. The Balaban J connectivity index is 1.57. The summed E-state index contributed by atoms with van der Waals surface area (Å²) in [6.07, 6.45) is 16.4. The number of unbranched alkanes of at least 4 members (excludes halogenated alkanes) is 2. The molecule has 1 N–H and O–H groups in total. The maximum atomic E-state index is 14.4. The normalized spacial score (nSPS) is 36.7. The number of fused-ring (bicyclic) bond motifs is 2. The third-order valence-electron chi connectivity index (χ3n) is 9.01. The van der Waals surface area contributed by atoms with Crippen LogP contribution in [-0.4, -0.2) is 82.3 Å². The first-order valence-corrected chi connectivity index (χ1v) is 13.9. The van der Waals surface area contributed by atoms with Crippen molar-refractivity contribution >= 4 is 17.8 Å². The molecule has 1 spiro atoms. The molecule has 36 heavy (non-hydrogen) atoms. The minimum Gasteiger partial charge on any atom is -0.465 e. The number of amides is 2. The fourth-order valence-corrected chi connectivity index (χ4v) is 7.28. The van der Waals surface area contributed by atoms with E-state index in [0.717, 1.165) is 32.1 Å². The van der Waals surface area contributed by atoms with Crippen LogP contribution in [0.3, 0.4) is 0 Å². The van der Waals surface area contributed by atoms with Crippen LogP contribution in [0.2, 0.25) is 0 Å². The molecule has 0 bridgehead atoms. The molecule has 4 aliphatic heterocycles. The molecule has 8 heteroatoms. The number of rotatable bonds is 7. The number of nitrogens with zero attached hydrogens (tertiary/aromatic N) is 2. The summed E-state index contributed by atoms with van der Waals surface area (Å²) >= 11 is 0. The largest absolute Gasteiger partial charge is 0.465 e. The number of likely N-dealkylation sites (tertiary alicyclic amines) is 1. The van der Waals surface area contributed by atoms with Crippen molar-refractivity contribution in [1.29, 1.82) is 0 Å². The quantitative estimate of drug-likeness (QED) is 0.328. The van der Waals surface area contributed by atoms with Crippen LogP contribution in [0.25, 0.3) is 0 Å². The van der Waals surface area contributed by atoms with Crippen molar-refractivity contribution in [2.75, 3.05) is 26.3 Å². The Bertz CT molecular complexity index is 927. The molecule has 3 fully saturated rings. The molecule has 0 radical (unpaired) electrons. The minimum atomic E-state index is -1.21. The van der Waals surface area contributed by atoms with Crippen LogP contribution >= 0.6 is 0 Å². The second kappa shape index (κ2) is 10.3. The van der Waals surface area contributed by atoms with E-state index in [1.807, 2.05) is 36.1 Å². The lowest BCUT2D eigenvalue weighted by Gasteiger charge is -2.40. The van der Waals surface area contributed by atoms with Crippen LogP contribution in [0.4, 0.5) is 0 Å². The van der Waals surface area contributed by atoms with Gasteiger partial charge >= 0.3 is 5.97 Å². The van der Waals surface area contributed by atoms with Crippen LogP contribution in [0.1, 0.15) is 71.1 Å². The van der Waals surface area contributed by atoms with Gasteiger partial charge in [0, 0.05) is 25.7 Å². The van der Waals surface area contributed by atoms with Crippen LogP contribution in [0.5, 0.6) is 0 Å². The first kappa shape index (κ1) is 25.5. The van der Waals surface area contributed by atoms with Gasteiger partial charge in [0.15, 0.2) is 0 Å². The molecule has 198 valence electrons. The van der Waals surface area contributed by atoms with Gasteiger partial charge in [0.25, 0.3) is 0 Å². The predicted octanol–water partition coefficient (Wildman–Crippen LogP) is 2.74. The molecule has 0 aromatic heterocycles. The summed E-state index contributed by atoms with van der Waals surface area (Å²) in [6, 6.07) is -0.640. The molecule has 5 atom stereocenters. The molecule has 5 aliphatic rings. The van der Waals surface area contributed by atoms with Gasteiger partial charge in [-0.25, -0.2) is 0 Å². The number of ether oxygens (including phenoxy) is 2. The Labute approximate surface area is 213 Å². The van der Waals surface area contributed by atoms with Crippen molar-refractivity contribution in [3.8, 4) is 0 Å². The number of aliphatic hydroxyl groups excluding tert-OH is 1. The van der Waals surface area contributed by atoms with Crippen molar-refractivity contribution in [1.82, 2.24) is 9.80 Å². The third kappa shape index (κ3) is 4.01. The average molecular weight is 501 g/mol. The Morgan fingerprint density at radius 2 is 1.81 bits per heavy atom. The van der Waals surface area contributed by atoms with Crippen LogP contribution in [-0.2, 0) is 23.9 Å². The molecular weight excluding hydrogens is 460 g/mol. The second-order valence-corrected chi connectivity index (χ2v) is 11.0. The van der Waals surface area contributed by atoms with Gasteiger partial charge in [-0.15, -0.1) is 0 Å². The van der Waals surface area contributed by atoms with E-state index in [1.165, 1.54) is 6.42 Å². The molecule has 1 unspecified atom stereocenters. The third-order valence-corrected chi connectivity index (χ3v) is 9.01. The summed E-state index contributed by atoms with van der Waals surface area (Å²) in [7, 11) is 0. The van der Waals surface area contributed by atoms with E-state index in [1.54, 1.807) is 4.90 Å². The molecule has 5 rings (SSSR count). The smallest absolute Gasteiger partial charge is 0.313 e. The van der Waals surface area contributed by atoms with Gasteiger partial charge in [0.05, 0.1) is 12.5 Å². The summed E-state index contributed by atoms with van der Waals surface area (Å²) in [4.78, 5) is 45.6. The Kier molecular flexibility index (Phi) is 7.27. The molecule has 1 saturated carbocycles. The number of carbonyl (C=O) groups excluding carboxylic acids is 3. The molecule has 0 aromatic rings. The lowest BCUT2D eigenvalue weighted by atomic mass is 9.73. The molecule has 0 aromatic carbocycles. The summed E-state index contributed by atoms with van der Waals surface area (Å²) in [6.45, 7) is 3.24. The van der Waals surface area contributed by atoms with Gasteiger partial charge in [-0.3, -0.25) is 14.4 Å². The summed E-state index contributed by atoms with van der Waals surface area (Å²) in [5, 5.41) is 9.22. The highest BCUT2D eigenvalue weighted by Gasteiger charge is 2.75. The van der Waals surface area contributed by atoms with Gasteiger partial charge in [-0.2, -0.15) is 0 Å². The second-order valence-electron chi connectivity index (χ2n) is 11.0. The van der Waals surface area contributed by atoms with Crippen molar-refractivity contribution in [3.63, 3.8) is 0 Å². The van der Waals surface area contributed by atoms with Crippen molar-refractivity contribution in [2.24, 2.45) is 11.8 Å². The number of cyclic esters (lactones) is 1. The number of hydrogen-bond acceptors (Lipinski definition) is 6. The van der Waals surface area contributed by atoms with Gasteiger partial charge in [-0.05, 0) is 44.9 Å². The van der Waals surface area contributed by atoms with Crippen LogP contribution in [0.15, 0.2) is 24.3 Å². The highest BCUT2D eigenvalue weighted by molar-refractivity contribution is 5.99. The highest BCUT2D eigenvalue weighted by Crippen LogP contribution is 2.58. The van der Waals surface area contributed by atoms with Gasteiger partial charge in [-0.1, -0.05) is 50.5 Å². The predicted molar refractivity (Wildman–Crippen MR) is 133 cm³/mol. The van der Waals surface area contributed by atoms with Crippen molar-refractivity contribution in [3.05, 3.63) is 24.3 Å². The minimum absolute atomic E-state index is 0.0669. The van der Waals surface area contributed by atoms with Crippen LogP contribution in [0, 0.1) is 11.8 Å². The monoisotopic (exact) mass is 500 g/mol. The molecule has 2 saturated heterocycles. The van der Waals surface area contributed by atoms with Crippen molar-refractivity contribution < 1.29 is 29.0 Å². The Morgan fingerprint density at radius 1 is 1.00 bits per heavy atom. The number of esters is 1. The number of aliphatic hydroxyl groups is 1. The van der Waals surface area contributed by atoms with Gasteiger partial charge in [0.1, 0.15) is 23.2 Å². The number of carbonyl (C=O) groups is 3. The molecule has 4 heterocycles. The first-order valence-electron chi connectivity index (χ1n) is 13.9. The molecule has 2 amide bonds. The number of hydrogen-bond donors (Lipinski definition) is 1.